The smallest absolute Gasteiger partial charge is 0.267 e. The van der Waals surface area contributed by atoms with Crippen LogP contribution < -0.4 is 10.1 Å². The number of methoxy groups -OCH3 is 1. The summed E-state index contributed by atoms with van der Waals surface area (Å²) < 4.78 is 8.65. The molecule has 0 saturated carbocycles. The molecule has 0 saturated heterocycles. The zero-order valence-electron chi connectivity index (χ0n) is 16.6. The summed E-state index contributed by atoms with van der Waals surface area (Å²) >= 11 is 1.66. The molecule has 148 valence electrons. The monoisotopic (exact) mass is 404 g/mol. The molecule has 0 aliphatic heterocycles. The van der Waals surface area contributed by atoms with Crippen molar-refractivity contribution in [2.45, 2.75) is 19.9 Å². The molecule has 2 aromatic carbocycles. The van der Waals surface area contributed by atoms with Crippen LogP contribution in [0.2, 0.25) is 0 Å². The summed E-state index contributed by atoms with van der Waals surface area (Å²) in [4.78, 5) is 13.0. The fourth-order valence-electron chi connectivity index (χ4n) is 3.60. The van der Waals surface area contributed by atoms with Gasteiger partial charge in [-0.25, -0.2) is 0 Å². The highest BCUT2D eigenvalue weighted by Crippen LogP contribution is 2.27. The Morgan fingerprint density at radius 3 is 2.62 bits per heavy atom. The molecule has 29 heavy (non-hydrogen) atoms. The molecule has 0 bridgehead atoms. The fraction of sp³-hybridized carbons (Fsp3) is 0.208. The number of aryl methyl sites for hydroxylation is 1. The number of rotatable bonds is 7. The van der Waals surface area contributed by atoms with Gasteiger partial charge in [-0.05, 0) is 53.6 Å². The second kappa shape index (κ2) is 8.53. The molecule has 0 atom stereocenters. The number of carbonyl (C=O) groups excluding carboxylic acids is 1. The van der Waals surface area contributed by atoms with Gasteiger partial charge in [-0.2, -0.15) is 0 Å². The number of hydrogen-bond donors (Lipinski definition) is 1. The van der Waals surface area contributed by atoms with Crippen molar-refractivity contribution in [3.05, 3.63) is 88.4 Å². The van der Waals surface area contributed by atoms with Gasteiger partial charge in [0, 0.05) is 13.1 Å². The normalized spacial score (nSPS) is 11.0. The highest BCUT2D eigenvalue weighted by Gasteiger charge is 2.17. The summed E-state index contributed by atoms with van der Waals surface area (Å²) in [6.45, 7) is 3.35. The average molecular weight is 405 g/mol. The van der Waals surface area contributed by atoms with Crippen LogP contribution in [0, 0.1) is 6.92 Å². The maximum atomic E-state index is 13.0. The molecular formula is C24H24N2O2S. The van der Waals surface area contributed by atoms with E-state index in [0.29, 0.717) is 18.8 Å². The number of benzene rings is 2. The number of carbonyl (C=O) groups is 1. The first kappa shape index (κ1) is 19.3. The Bertz CT molecular complexity index is 1140. The Morgan fingerprint density at radius 1 is 1.07 bits per heavy atom. The van der Waals surface area contributed by atoms with E-state index < -0.39 is 0 Å². The number of aromatic nitrogens is 1. The maximum absolute atomic E-state index is 13.0. The lowest BCUT2D eigenvalue weighted by Crippen LogP contribution is -2.28. The molecule has 0 unspecified atom stereocenters. The molecule has 0 fully saturated rings. The Balaban J connectivity index is 1.53. The number of fused-ring (bicyclic) bond motifs is 1. The van der Waals surface area contributed by atoms with Crippen LogP contribution in [-0.2, 0) is 13.0 Å². The van der Waals surface area contributed by atoms with Crippen LogP contribution in [0.1, 0.15) is 27.2 Å². The number of amides is 1. The molecule has 0 radical (unpaired) electrons. The molecule has 1 N–H and O–H groups in total. The molecule has 0 spiro atoms. The van der Waals surface area contributed by atoms with Gasteiger partial charge in [-0.15, -0.1) is 11.3 Å². The third-order valence-electron chi connectivity index (χ3n) is 5.22. The SMILES string of the molecule is COc1ccccc1CCNC(=O)c1cc2sccc2n1Cc1ccccc1C. The van der Waals surface area contributed by atoms with Gasteiger partial charge in [0.05, 0.1) is 17.3 Å². The van der Waals surface area contributed by atoms with Gasteiger partial charge >= 0.3 is 0 Å². The molecular weight excluding hydrogens is 380 g/mol. The molecule has 5 heteroatoms. The number of nitrogens with zero attached hydrogens (tertiary/aromatic N) is 1. The van der Waals surface area contributed by atoms with Crippen LogP contribution in [0.5, 0.6) is 5.75 Å². The van der Waals surface area contributed by atoms with Crippen LogP contribution in [0.15, 0.2) is 66.0 Å². The summed E-state index contributed by atoms with van der Waals surface area (Å²) in [5, 5.41) is 5.15. The van der Waals surface area contributed by atoms with E-state index in [4.69, 9.17) is 4.74 Å². The molecule has 2 aromatic heterocycles. The predicted octanol–water partition coefficient (Wildman–Crippen LogP) is 5.04. The number of nitrogens with one attached hydrogen (secondary N) is 1. The lowest BCUT2D eigenvalue weighted by Gasteiger charge is -2.13. The minimum Gasteiger partial charge on any atom is -0.496 e. The zero-order valence-corrected chi connectivity index (χ0v) is 17.5. The highest BCUT2D eigenvalue weighted by atomic mass is 32.1. The standard InChI is InChI=1S/C24H24N2O2S/c1-17-7-3-4-9-19(17)16-26-20-12-14-29-23(20)15-21(26)24(27)25-13-11-18-8-5-6-10-22(18)28-2/h3-10,12,14-15H,11,13,16H2,1-2H3,(H,25,27). The Morgan fingerprint density at radius 2 is 1.83 bits per heavy atom. The van der Waals surface area contributed by atoms with Crippen molar-refractivity contribution in [3.8, 4) is 5.75 Å². The Hall–Kier alpha value is -3.05. The van der Waals surface area contributed by atoms with Gasteiger partial charge in [-0.3, -0.25) is 4.79 Å². The van der Waals surface area contributed by atoms with E-state index in [0.717, 1.165) is 28.0 Å². The quantitative estimate of drug-likeness (QED) is 0.469. The number of ether oxygens (including phenoxy) is 1. The first-order valence-corrected chi connectivity index (χ1v) is 10.6. The van der Waals surface area contributed by atoms with E-state index in [-0.39, 0.29) is 5.91 Å². The van der Waals surface area contributed by atoms with E-state index in [1.165, 1.54) is 11.1 Å². The number of hydrogen-bond acceptors (Lipinski definition) is 3. The molecule has 2 heterocycles. The summed E-state index contributed by atoms with van der Waals surface area (Å²) in [5.74, 6) is 0.807. The number of para-hydroxylation sites is 1. The third kappa shape index (κ3) is 4.05. The summed E-state index contributed by atoms with van der Waals surface area (Å²) in [6, 6.07) is 20.3. The molecule has 4 nitrogen and oxygen atoms in total. The van der Waals surface area contributed by atoms with E-state index in [1.807, 2.05) is 42.5 Å². The van der Waals surface area contributed by atoms with Crippen molar-refractivity contribution in [2.24, 2.45) is 0 Å². The molecule has 1 amide bonds. The summed E-state index contributed by atoms with van der Waals surface area (Å²) in [6.07, 6.45) is 0.725. The lowest BCUT2D eigenvalue weighted by atomic mass is 10.1. The average Bonchev–Trinajstić information content (AvgIpc) is 3.32. The summed E-state index contributed by atoms with van der Waals surface area (Å²) in [5.41, 5.74) is 5.35. The first-order chi connectivity index (χ1) is 14.2. The Labute approximate surface area is 174 Å². The van der Waals surface area contributed by atoms with Gasteiger partial charge in [-0.1, -0.05) is 42.5 Å². The van der Waals surface area contributed by atoms with Crippen molar-refractivity contribution < 1.29 is 9.53 Å². The van der Waals surface area contributed by atoms with Crippen molar-refractivity contribution in [1.29, 1.82) is 0 Å². The van der Waals surface area contributed by atoms with E-state index in [9.17, 15) is 4.79 Å². The van der Waals surface area contributed by atoms with E-state index >= 15 is 0 Å². The van der Waals surface area contributed by atoms with E-state index in [2.05, 4.69) is 40.4 Å². The van der Waals surface area contributed by atoms with Crippen LogP contribution >= 0.6 is 11.3 Å². The van der Waals surface area contributed by atoms with E-state index in [1.54, 1.807) is 18.4 Å². The van der Waals surface area contributed by atoms with Crippen LogP contribution in [0.3, 0.4) is 0 Å². The van der Waals surface area contributed by atoms with Crippen LogP contribution in [-0.4, -0.2) is 24.1 Å². The predicted molar refractivity (Wildman–Crippen MR) is 119 cm³/mol. The van der Waals surface area contributed by atoms with Crippen molar-refractivity contribution >= 4 is 27.5 Å². The summed E-state index contributed by atoms with van der Waals surface area (Å²) in [7, 11) is 1.67. The number of thiophene rings is 1. The van der Waals surface area contributed by atoms with Gasteiger partial charge in [0.25, 0.3) is 5.91 Å². The third-order valence-corrected chi connectivity index (χ3v) is 6.07. The van der Waals surface area contributed by atoms with Gasteiger partial charge in [0.15, 0.2) is 0 Å². The second-order valence-corrected chi connectivity index (χ2v) is 7.98. The largest absolute Gasteiger partial charge is 0.496 e. The zero-order chi connectivity index (χ0) is 20.2. The highest BCUT2D eigenvalue weighted by molar-refractivity contribution is 7.17. The molecule has 4 aromatic rings. The molecule has 0 aliphatic carbocycles. The van der Waals surface area contributed by atoms with Crippen LogP contribution in [0.25, 0.3) is 10.2 Å². The van der Waals surface area contributed by atoms with Crippen molar-refractivity contribution in [2.75, 3.05) is 13.7 Å². The molecule has 0 aliphatic rings. The van der Waals surface area contributed by atoms with Crippen molar-refractivity contribution in [3.63, 3.8) is 0 Å². The minimum atomic E-state index is -0.0446. The second-order valence-electron chi connectivity index (χ2n) is 7.03. The lowest BCUT2D eigenvalue weighted by molar-refractivity contribution is 0.0945. The van der Waals surface area contributed by atoms with Gasteiger partial charge in [0.2, 0.25) is 0 Å². The van der Waals surface area contributed by atoms with Gasteiger partial charge < -0.3 is 14.6 Å². The minimum absolute atomic E-state index is 0.0446. The Kier molecular flexibility index (Phi) is 5.67. The van der Waals surface area contributed by atoms with Crippen molar-refractivity contribution in [1.82, 2.24) is 9.88 Å². The maximum Gasteiger partial charge on any atom is 0.267 e. The van der Waals surface area contributed by atoms with Gasteiger partial charge in [0.1, 0.15) is 11.4 Å². The first-order valence-electron chi connectivity index (χ1n) is 9.68. The van der Waals surface area contributed by atoms with Crippen LogP contribution in [0.4, 0.5) is 0 Å². The topological polar surface area (TPSA) is 43.3 Å². The fourth-order valence-corrected chi connectivity index (χ4v) is 4.43. The molecule has 4 rings (SSSR count).